The molecule has 0 atom stereocenters. The quantitative estimate of drug-likeness (QED) is 0.479. The first-order chi connectivity index (χ1) is 14.2. The molecule has 0 radical (unpaired) electrons. The number of rotatable bonds is 12. The molecule has 0 aliphatic rings. The van der Waals surface area contributed by atoms with Crippen LogP contribution in [0, 0.1) is 0 Å². The molecule has 0 bridgehead atoms. The van der Waals surface area contributed by atoms with Crippen molar-refractivity contribution in [3.8, 4) is 0 Å². The minimum absolute atomic E-state index is 0.649. The van der Waals surface area contributed by atoms with Gasteiger partial charge in [0.1, 0.15) is 0 Å². The summed E-state index contributed by atoms with van der Waals surface area (Å²) in [4.78, 5) is 0. The fourth-order valence-electron chi connectivity index (χ4n) is 2.82. The molecule has 0 aliphatic heterocycles. The highest BCUT2D eigenvalue weighted by molar-refractivity contribution is 6.92. The van der Waals surface area contributed by atoms with E-state index in [1.54, 1.807) is 0 Å². The Morgan fingerprint density at radius 3 is 1.17 bits per heavy atom. The lowest BCUT2D eigenvalue weighted by molar-refractivity contribution is 0.107. The van der Waals surface area contributed by atoms with Gasteiger partial charge in [-0.1, -0.05) is 60.7 Å². The molecule has 0 aromatic heterocycles. The van der Waals surface area contributed by atoms with Gasteiger partial charge >= 0.3 is 18.1 Å². The molecule has 0 unspecified atom stereocenters. The molecule has 0 N–H and O–H groups in total. The molecule has 0 heterocycles. The van der Waals surface area contributed by atoms with E-state index in [-0.39, 0.29) is 0 Å². The van der Waals surface area contributed by atoms with Gasteiger partial charge in [0.15, 0.2) is 0 Å². The SMILES string of the molecule is CCO[SiH](OCC)OCC.CCO[Si](OCC)(c1ccccc1)c1ccccc1. The molecule has 0 fully saturated rings. The van der Waals surface area contributed by atoms with Crippen LogP contribution in [-0.4, -0.2) is 51.1 Å². The van der Waals surface area contributed by atoms with Crippen LogP contribution in [0.25, 0.3) is 0 Å². The van der Waals surface area contributed by atoms with E-state index in [0.29, 0.717) is 33.0 Å². The second kappa shape index (κ2) is 15.5. The van der Waals surface area contributed by atoms with Crippen molar-refractivity contribution in [1.29, 1.82) is 0 Å². The summed E-state index contributed by atoms with van der Waals surface area (Å²) in [5.74, 6) is 0. The summed E-state index contributed by atoms with van der Waals surface area (Å²) >= 11 is 0. The van der Waals surface area contributed by atoms with Crippen molar-refractivity contribution in [3.05, 3.63) is 60.7 Å². The van der Waals surface area contributed by atoms with E-state index in [2.05, 4.69) is 24.3 Å². The summed E-state index contributed by atoms with van der Waals surface area (Å²) < 4.78 is 28.0. The molecule has 2 aromatic rings. The topological polar surface area (TPSA) is 46.2 Å². The lowest BCUT2D eigenvalue weighted by Gasteiger charge is -2.30. The predicted octanol–water partition coefficient (Wildman–Crippen LogP) is 3.13. The van der Waals surface area contributed by atoms with Gasteiger partial charge in [0.05, 0.1) is 0 Å². The largest absolute Gasteiger partial charge is 0.484 e. The molecule has 5 nitrogen and oxygen atoms in total. The van der Waals surface area contributed by atoms with E-state index < -0.39 is 18.1 Å². The van der Waals surface area contributed by atoms with E-state index >= 15 is 0 Å². The van der Waals surface area contributed by atoms with Gasteiger partial charge in [-0.05, 0) is 45.0 Å². The van der Waals surface area contributed by atoms with Gasteiger partial charge in [-0.2, -0.15) is 0 Å². The van der Waals surface area contributed by atoms with Gasteiger partial charge in [-0.3, -0.25) is 0 Å². The second-order valence-electron chi connectivity index (χ2n) is 5.87. The number of hydrogen-bond donors (Lipinski definition) is 0. The van der Waals surface area contributed by atoms with Gasteiger partial charge in [-0.15, -0.1) is 0 Å². The van der Waals surface area contributed by atoms with E-state index in [9.17, 15) is 0 Å². The Balaban J connectivity index is 0.000000359. The smallest absolute Gasteiger partial charge is 0.388 e. The third-order valence-corrected chi connectivity index (χ3v) is 9.30. The molecule has 0 amide bonds. The van der Waals surface area contributed by atoms with Crippen LogP contribution < -0.4 is 10.4 Å². The van der Waals surface area contributed by atoms with Crippen molar-refractivity contribution in [1.82, 2.24) is 0 Å². The van der Waals surface area contributed by atoms with Crippen molar-refractivity contribution in [2.24, 2.45) is 0 Å². The first-order valence-electron chi connectivity index (χ1n) is 10.4. The molecule has 0 spiro atoms. The Morgan fingerprint density at radius 1 is 0.552 bits per heavy atom. The van der Waals surface area contributed by atoms with E-state index in [1.807, 2.05) is 71.0 Å². The van der Waals surface area contributed by atoms with Crippen LogP contribution in [0.3, 0.4) is 0 Å². The van der Waals surface area contributed by atoms with Crippen molar-refractivity contribution in [3.63, 3.8) is 0 Å². The van der Waals surface area contributed by atoms with Gasteiger partial charge in [0.25, 0.3) is 0 Å². The zero-order valence-electron chi connectivity index (χ0n) is 18.4. The molecule has 2 rings (SSSR count). The molecule has 29 heavy (non-hydrogen) atoms. The Labute approximate surface area is 179 Å². The van der Waals surface area contributed by atoms with Crippen molar-refractivity contribution in [2.45, 2.75) is 34.6 Å². The fraction of sp³-hybridized carbons (Fsp3) is 0.455. The average molecular weight is 437 g/mol. The lowest BCUT2D eigenvalue weighted by atomic mass is 10.4. The summed E-state index contributed by atoms with van der Waals surface area (Å²) in [5.41, 5.74) is 0. The fourth-order valence-corrected chi connectivity index (χ4v) is 7.08. The molecule has 0 saturated heterocycles. The highest BCUT2D eigenvalue weighted by Gasteiger charge is 2.41. The highest BCUT2D eigenvalue weighted by atomic mass is 28.4. The zero-order chi connectivity index (χ0) is 21.4. The number of benzene rings is 2. The Bertz CT molecular complexity index is 566. The molecule has 2 aromatic carbocycles. The summed E-state index contributed by atoms with van der Waals surface area (Å²) in [6, 6.07) is 20.6. The number of hydrogen-bond acceptors (Lipinski definition) is 5. The Morgan fingerprint density at radius 2 is 0.897 bits per heavy atom. The average Bonchev–Trinajstić information content (AvgIpc) is 2.76. The zero-order valence-corrected chi connectivity index (χ0v) is 20.6. The first-order valence-corrected chi connectivity index (χ1v) is 13.6. The van der Waals surface area contributed by atoms with Gasteiger partial charge in [-0.25, -0.2) is 0 Å². The standard InChI is InChI=1S/C16H20O2Si.C6H16O3Si/c1-3-17-19(18-4-2,15-11-7-5-8-12-15)16-13-9-6-10-14-16;1-4-7-10(8-5-2)9-6-3/h5-14H,3-4H2,1-2H3;10H,4-6H2,1-3H3. The van der Waals surface area contributed by atoms with Crippen molar-refractivity contribution in [2.75, 3.05) is 33.0 Å². The summed E-state index contributed by atoms with van der Waals surface area (Å²) in [7, 11) is -4.28. The van der Waals surface area contributed by atoms with Crippen LogP contribution in [0.15, 0.2) is 60.7 Å². The molecular weight excluding hydrogens is 400 g/mol. The summed E-state index contributed by atoms with van der Waals surface area (Å²) in [6.45, 7) is 13.2. The van der Waals surface area contributed by atoms with Gasteiger partial charge in [0, 0.05) is 33.0 Å². The lowest BCUT2D eigenvalue weighted by Crippen LogP contribution is -2.63. The third kappa shape index (κ3) is 8.51. The van der Waals surface area contributed by atoms with Crippen LogP contribution in [0.2, 0.25) is 0 Å². The Kier molecular flexibility index (Phi) is 13.7. The van der Waals surface area contributed by atoms with Gasteiger partial charge < -0.3 is 22.1 Å². The monoisotopic (exact) mass is 436 g/mol. The maximum atomic E-state index is 6.16. The van der Waals surface area contributed by atoms with Crippen LogP contribution in [0.5, 0.6) is 0 Å². The van der Waals surface area contributed by atoms with E-state index in [4.69, 9.17) is 22.1 Å². The summed E-state index contributed by atoms with van der Waals surface area (Å²) in [6.07, 6.45) is 0. The normalized spacial score (nSPS) is 11.2. The molecule has 0 saturated carbocycles. The van der Waals surface area contributed by atoms with E-state index in [0.717, 1.165) is 10.4 Å². The maximum absolute atomic E-state index is 6.16. The predicted molar refractivity (Wildman–Crippen MR) is 123 cm³/mol. The van der Waals surface area contributed by atoms with Crippen molar-refractivity contribution >= 4 is 28.5 Å². The second-order valence-corrected chi connectivity index (χ2v) is 10.4. The molecule has 0 aliphatic carbocycles. The first kappa shape index (κ1) is 25.7. The van der Waals surface area contributed by atoms with Gasteiger partial charge in [0.2, 0.25) is 0 Å². The van der Waals surface area contributed by atoms with Crippen LogP contribution in [-0.2, 0) is 22.1 Å². The molecule has 7 heteroatoms. The van der Waals surface area contributed by atoms with Crippen molar-refractivity contribution < 1.29 is 22.1 Å². The minimum Gasteiger partial charge on any atom is -0.388 e. The minimum atomic E-state index is -2.55. The van der Waals surface area contributed by atoms with Crippen LogP contribution in [0.1, 0.15) is 34.6 Å². The Hall–Kier alpha value is -1.33. The summed E-state index contributed by atoms with van der Waals surface area (Å²) in [5, 5.41) is 2.31. The third-order valence-electron chi connectivity index (χ3n) is 3.91. The molecular formula is C22H36O5Si2. The van der Waals surface area contributed by atoms with Crippen LogP contribution >= 0.6 is 0 Å². The maximum Gasteiger partial charge on any atom is 0.484 e. The van der Waals surface area contributed by atoms with E-state index in [1.165, 1.54) is 0 Å². The highest BCUT2D eigenvalue weighted by Crippen LogP contribution is 2.09. The van der Waals surface area contributed by atoms with Crippen LogP contribution in [0.4, 0.5) is 0 Å². The molecule has 162 valence electrons.